The van der Waals surface area contributed by atoms with Gasteiger partial charge in [-0.05, 0) is 19.1 Å². The molecule has 1 heterocycles. The molecule has 1 aromatic heterocycles. The van der Waals surface area contributed by atoms with Crippen molar-refractivity contribution >= 4 is 48.5 Å². The predicted octanol–water partition coefficient (Wildman–Crippen LogP) is 3.90. The number of aromatic amines is 1. The molecule has 2 nitrogen and oxygen atoms in total. The fourth-order valence-electron chi connectivity index (χ4n) is 1.52. The third-order valence-corrected chi connectivity index (χ3v) is 3.18. The largest absolute Gasteiger partial charge is 0.360 e. The highest BCUT2D eigenvalue weighted by molar-refractivity contribution is 9.10. The summed E-state index contributed by atoms with van der Waals surface area (Å²) in [6.45, 7) is 1.83. The van der Waals surface area contributed by atoms with E-state index < -0.39 is 0 Å². The summed E-state index contributed by atoms with van der Waals surface area (Å²) in [5, 5.41) is 0.967. The first-order chi connectivity index (χ1) is 7.09. The molecule has 0 radical (unpaired) electrons. The molecule has 2 aromatic rings. The molecule has 78 valence electrons. The minimum absolute atomic E-state index is 0.101. The molecule has 2 rings (SSSR count). The van der Waals surface area contributed by atoms with Gasteiger partial charge in [-0.15, -0.1) is 0 Å². The smallest absolute Gasteiger partial charge is 0.178 e. The van der Waals surface area contributed by atoms with Crippen LogP contribution in [0.4, 0.5) is 0 Å². The number of aromatic nitrogens is 1. The Morgan fingerprint density at radius 2 is 2.20 bits per heavy atom. The maximum atomic E-state index is 11.8. The van der Waals surface area contributed by atoms with Crippen molar-refractivity contribution < 1.29 is 4.79 Å². The molecule has 0 saturated heterocycles. The maximum absolute atomic E-state index is 11.8. The molecule has 0 aliphatic carbocycles. The highest BCUT2D eigenvalue weighted by atomic mass is 79.9. The number of carbonyl (C=O) groups is 1. The van der Waals surface area contributed by atoms with Crippen LogP contribution in [0.5, 0.6) is 0 Å². The summed E-state index contributed by atoms with van der Waals surface area (Å²) in [4.78, 5) is 14.8. The van der Waals surface area contributed by atoms with E-state index in [2.05, 4.69) is 36.8 Å². The van der Waals surface area contributed by atoms with E-state index in [1.807, 2.05) is 25.1 Å². The Hall–Kier alpha value is -0.610. The molecule has 0 aliphatic heterocycles. The second-order valence-corrected chi connectivity index (χ2v) is 5.66. The third kappa shape index (κ3) is 2.01. The van der Waals surface area contributed by atoms with Gasteiger partial charge in [0.05, 0.1) is 4.83 Å². The lowest BCUT2D eigenvalue weighted by atomic mass is 10.1. The lowest BCUT2D eigenvalue weighted by Crippen LogP contribution is -2.08. The fraction of sp³-hybridized carbons (Fsp3) is 0.182. The van der Waals surface area contributed by atoms with Gasteiger partial charge in [-0.1, -0.05) is 37.9 Å². The van der Waals surface area contributed by atoms with Crippen molar-refractivity contribution in [3.8, 4) is 0 Å². The Morgan fingerprint density at radius 3 is 2.87 bits per heavy atom. The van der Waals surface area contributed by atoms with E-state index in [-0.39, 0.29) is 10.6 Å². The molecule has 15 heavy (non-hydrogen) atoms. The normalized spacial score (nSPS) is 13.0. The first kappa shape index (κ1) is 10.9. The molecule has 0 spiro atoms. The highest BCUT2D eigenvalue weighted by Gasteiger charge is 2.15. The van der Waals surface area contributed by atoms with Gasteiger partial charge in [-0.3, -0.25) is 4.79 Å². The van der Waals surface area contributed by atoms with Crippen molar-refractivity contribution in [2.75, 3.05) is 0 Å². The second-order valence-electron chi connectivity index (χ2n) is 3.37. The second kappa shape index (κ2) is 4.10. The number of alkyl halides is 1. The minimum atomic E-state index is -0.153. The van der Waals surface area contributed by atoms with Gasteiger partial charge < -0.3 is 4.98 Å². The topological polar surface area (TPSA) is 32.9 Å². The number of rotatable bonds is 2. The summed E-state index contributed by atoms with van der Waals surface area (Å²) in [5.74, 6) is 0.101. The van der Waals surface area contributed by atoms with Gasteiger partial charge in [-0.25, -0.2) is 0 Å². The van der Waals surface area contributed by atoms with Crippen LogP contribution in [-0.2, 0) is 0 Å². The summed E-state index contributed by atoms with van der Waals surface area (Å²) in [6, 6.07) is 5.84. The van der Waals surface area contributed by atoms with Crippen LogP contribution in [0, 0.1) is 0 Å². The molecule has 1 atom stereocenters. The average Bonchev–Trinajstić information content (AvgIpc) is 2.59. The van der Waals surface area contributed by atoms with Crippen molar-refractivity contribution in [2.24, 2.45) is 0 Å². The molecule has 0 bridgehead atoms. The quantitative estimate of drug-likeness (QED) is 0.657. The van der Waals surface area contributed by atoms with Crippen LogP contribution < -0.4 is 0 Å². The monoisotopic (exact) mass is 329 g/mol. The van der Waals surface area contributed by atoms with E-state index in [1.165, 1.54) is 0 Å². The number of hydrogen-bond donors (Lipinski definition) is 1. The number of H-pyrrole nitrogens is 1. The van der Waals surface area contributed by atoms with Gasteiger partial charge in [0.25, 0.3) is 0 Å². The van der Waals surface area contributed by atoms with Crippen molar-refractivity contribution in [3.63, 3.8) is 0 Å². The molecule has 0 saturated carbocycles. The van der Waals surface area contributed by atoms with Gasteiger partial charge in [0, 0.05) is 27.1 Å². The third-order valence-electron chi connectivity index (χ3n) is 2.27. The van der Waals surface area contributed by atoms with E-state index >= 15 is 0 Å². The van der Waals surface area contributed by atoms with Gasteiger partial charge >= 0.3 is 0 Å². The average molecular weight is 331 g/mol. The molecule has 1 unspecified atom stereocenters. The van der Waals surface area contributed by atoms with Crippen molar-refractivity contribution in [1.82, 2.24) is 4.98 Å². The number of Topliss-reactive ketones (excluding diaryl/α,β-unsaturated/α-hetero) is 1. The Labute approximate surface area is 104 Å². The van der Waals surface area contributed by atoms with Crippen LogP contribution in [-0.4, -0.2) is 15.6 Å². The number of nitrogens with one attached hydrogen (secondary N) is 1. The SMILES string of the molecule is CC(Br)C(=O)c1c[nH]c2cc(Br)ccc12. The standard InChI is InChI=1S/C11H9Br2NO/c1-6(12)11(15)9-5-14-10-4-7(13)2-3-8(9)10/h2-6,14H,1H3. The zero-order valence-corrected chi connectivity index (χ0v) is 11.2. The zero-order chi connectivity index (χ0) is 11.0. The van der Waals surface area contributed by atoms with Crippen molar-refractivity contribution in [3.05, 3.63) is 34.4 Å². The van der Waals surface area contributed by atoms with Crippen molar-refractivity contribution in [2.45, 2.75) is 11.8 Å². The number of hydrogen-bond acceptors (Lipinski definition) is 1. The Morgan fingerprint density at radius 1 is 1.47 bits per heavy atom. The number of halogens is 2. The van der Waals surface area contributed by atoms with Gasteiger partial charge in [0.2, 0.25) is 0 Å². The molecular formula is C11H9Br2NO. The summed E-state index contributed by atoms with van der Waals surface area (Å²) >= 11 is 6.68. The van der Waals surface area contributed by atoms with Crippen molar-refractivity contribution in [1.29, 1.82) is 0 Å². The van der Waals surface area contributed by atoms with Gasteiger partial charge in [0.15, 0.2) is 5.78 Å². The minimum Gasteiger partial charge on any atom is -0.360 e. The van der Waals surface area contributed by atoms with Crippen LogP contribution in [0.3, 0.4) is 0 Å². The number of benzene rings is 1. The first-order valence-electron chi connectivity index (χ1n) is 4.54. The summed E-state index contributed by atoms with van der Waals surface area (Å²) in [6.07, 6.45) is 1.76. The Bertz CT molecular complexity index is 516. The molecule has 1 aromatic carbocycles. The van der Waals surface area contributed by atoms with Crippen LogP contribution in [0.15, 0.2) is 28.9 Å². The van der Waals surface area contributed by atoms with E-state index in [1.54, 1.807) is 6.20 Å². The van der Waals surface area contributed by atoms with E-state index in [4.69, 9.17) is 0 Å². The number of fused-ring (bicyclic) bond motifs is 1. The molecular weight excluding hydrogens is 322 g/mol. The zero-order valence-electron chi connectivity index (χ0n) is 8.05. The molecule has 0 aliphatic rings. The lowest BCUT2D eigenvalue weighted by molar-refractivity contribution is 0.0997. The van der Waals surface area contributed by atoms with Gasteiger partial charge in [-0.2, -0.15) is 0 Å². The number of carbonyl (C=O) groups excluding carboxylic acids is 1. The first-order valence-corrected chi connectivity index (χ1v) is 6.25. The molecule has 1 N–H and O–H groups in total. The van der Waals surface area contributed by atoms with Crippen LogP contribution in [0.25, 0.3) is 10.9 Å². The highest BCUT2D eigenvalue weighted by Crippen LogP contribution is 2.24. The Balaban J connectivity index is 2.59. The molecule has 4 heteroatoms. The lowest BCUT2D eigenvalue weighted by Gasteiger charge is -2.00. The van der Waals surface area contributed by atoms with Gasteiger partial charge in [0.1, 0.15) is 0 Å². The van der Waals surface area contributed by atoms with Crippen LogP contribution in [0.2, 0.25) is 0 Å². The number of ketones is 1. The van der Waals surface area contributed by atoms with Crippen LogP contribution >= 0.6 is 31.9 Å². The predicted molar refractivity (Wildman–Crippen MR) is 68.7 cm³/mol. The van der Waals surface area contributed by atoms with E-state index in [0.29, 0.717) is 0 Å². The summed E-state index contributed by atoms with van der Waals surface area (Å²) in [5.41, 5.74) is 1.71. The summed E-state index contributed by atoms with van der Waals surface area (Å²) in [7, 11) is 0. The summed E-state index contributed by atoms with van der Waals surface area (Å²) < 4.78 is 1.00. The maximum Gasteiger partial charge on any atom is 0.178 e. The Kier molecular flexibility index (Phi) is 2.98. The van der Waals surface area contributed by atoms with Crippen LogP contribution in [0.1, 0.15) is 17.3 Å². The fourth-order valence-corrected chi connectivity index (χ4v) is 2.12. The molecule has 0 amide bonds. The van der Waals surface area contributed by atoms with E-state index in [0.717, 1.165) is 20.9 Å². The van der Waals surface area contributed by atoms with E-state index in [9.17, 15) is 4.79 Å². The molecule has 0 fully saturated rings.